The molecule has 0 spiro atoms. The molecule has 0 radical (unpaired) electrons. The Hall–Kier alpha value is -4.13. The van der Waals surface area contributed by atoms with E-state index >= 15 is 0 Å². The molecule has 238 valence electrons. The van der Waals surface area contributed by atoms with Crippen molar-refractivity contribution < 1.29 is 27.8 Å². The second-order valence-corrected chi connectivity index (χ2v) is 12.2. The Morgan fingerprint density at radius 2 is 1.96 bits per heavy atom. The van der Waals surface area contributed by atoms with Crippen LogP contribution in [0.3, 0.4) is 0 Å². The van der Waals surface area contributed by atoms with E-state index in [0.717, 1.165) is 18.9 Å². The summed E-state index contributed by atoms with van der Waals surface area (Å²) in [6, 6.07) is 5.15. The fourth-order valence-corrected chi connectivity index (χ4v) is 6.68. The van der Waals surface area contributed by atoms with Gasteiger partial charge in [-0.05, 0) is 43.7 Å². The molecule has 3 N–H and O–H groups in total. The number of ether oxygens (including phenoxy) is 1. The minimum absolute atomic E-state index is 0.0299. The van der Waals surface area contributed by atoms with Crippen molar-refractivity contribution in [2.45, 2.75) is 75.0 Å². The number of rotatable bonds is 9. The summed E-state index contributed by atoms with van der Waals surface area (Å²) in [4.78, 5) is 27.7. The van der Waals surface area contributed by atoms with Gasteiger partial charge in [-0.3, -0.25) is 19.3 Å². The highest BCUT2D eigenvalue weighted by molar-refractivity contribution is 5.90. The third-order valence-corrected chi connectivity index (χ3v) is 9.03. The van der Waals surface area contributed by atoms with Crippen LogP contribution in [0.15, 0.2) is 30.9 Å². The van der Waals surface area contributed by atoms with E-state index < -0.39 is 23.5 Å². The van der Waals surface area contributed by atoms with Crippen LogP contribution in [0, 0.1) is 11.3 Å². The molecule has 0 aromatic carbocycles. The zero-order chi connectivity index (χ0) is 31.8. The number of β-amino-alcohol motifs (C(OH)–C–C–N with tert-alkyl or cyclic N) is 1. The maximum Gasteiger partial charge on any atom is 0.433 e. The maximum atomic E-state index is 13.6. The van der Waals surface area contributed by atoms with E-state index in [-0.39, 0.29) is 42.4 Å². The molecule has 2 aliphatic heterocycles. The molecule has 2 saturated heterocycles. The smallest absolute Gasteiger partial charge is 0.433 e. The summed E-state index contributed by atoms with van der Waals surface area (Å²) < 4.78 is 48.7. The van der Waals surface area contributed by atoms with Crippen molar-refractivity contribution in [3.63, 3.8) is 0 Å². The van der Waals surface area contributed by atoms with Crippen LogP contribution < -0.4 is 10.5 Å². The molecule has 6 rings (SSSR count). The molecule has 1 atom stereocenters. The lowest BCUT2D eigenvalue weighted by Crippen LogP contribution is -2.65. The van der Waals surface area contributed by atoms with E-state index in [1.807, 2.05) is 4.90 Å². The number of carbonyl (C=O) groups is 1. The Labute approximate surface area is 257 Å². The number of nitrogen functional groups attached to an aromatic ring is 1. The third kappa shape index (κ3) is 6.49. The van der Waals surface area contributed by atoms with Crippen LogP contribution in [0.2, 0.25) is 0 Å². The molecular formula is C30H34F3N9O3. The number of nitriles is 1. The lowest BCUT2D eigenvalue weighted by molar-refractivity contribution is -0.141. The number of halogens is 3. The van der Waals surface area contributed by atoms with Gasteiger partial charge in [-0.15, -0.1) is 0 Å². The van der Waals surface area contributed by atoms with Crippen LogP contribution in [0.25, 0.3) is 11.3 Å². The van der Waals surface area contributed by atoms with Crippen LogP contribution in [-0.4, -0.2) is 90.4 Å². The number of alkyl halides is 3. The summed E-state index contributed by atoms with van der Waals surface area (Å²) >= 11 is 0. The molecule has 1 aliphatic carbocycles. The summed E-state index contributed by atoms with van der Waals surface area (Å²) in [7, 11) is 0. The highest BCUT2D eigenvalue weighted by atomic mass is 19.4. The van der Waals surface area contributed by atoms with Gasteiger partial charge in [-0.1, -0.05) is 0 Å². The van der Waals surface area contributed by atoms with Crippen molar-refractivity contribution in [1.82, 2.24) is 34.5 Å². The maximum absolute atomic E-state index is 13.6. The molecule has 5 heterocycles. The number of likely N-dealkylation sites (tertiary alicyclic amines) is 2. The minimum atomic E-state index is -4.60. The zero-order valence-electron chi connectivity index (χ0n) is 24.5. The third-order valence-electron chi connectivity index (χ3n) is 9.03. The Kier molecular flexibility index (Phi) is 8.47. The standard InChI is InChI=1S/C30H34F3N9O3/c31-30(32,33)25-9-19(12-40-8-5-22(44)14-40)10-26(39-25)45-23-3-1-21(2-4-23)41-16-29(17-41,6-7-34)42-13-20(11-38-42)27-24(15-43)28(35)37-18-36-27/h9-11,13,15,18,21-23,44H,1-6,8,12,14,16-17H2,(H2,35,36,37)/t21-,22-,23+/m1/s1. The van der Waals surface area contributed by atoms with Crippen LogP contribution in [0.5, 0.6) is 5.88 Å². The van der Waals surface area contributed by atoms with E-state index in [1.165, 1.54) is 6.33 Å². The molecule has 3 aromatic rings. The van der Waals surface area contributed by atoms with Crippen LogP contribution in [-0.2, 0) is 18.3 Å². The SMILES string of the molecule is N#CCC1(n2cc(-c3ncnc(N)c3C=O)cn2)CN([C@H]2CC[C@@H](Oc3cc(CN4CC[C@@H](O)C4)cc(C(F)(F)F)n3)CC2)C1. The first-order valence-corrected chi connectivity index (χ1v) is 14.9. The Balaban J connectivity index is 1.08. The second-order valence-electron chi connectivity index (χ2n) is 12.2. The Bertz CT molecular complexity index is 1580. The molecule has 3 fully saturated rings. The fraction of sp³-hybridized carbons (Fsp3) is 0.533. The number of pyridine rings is 1. The first-order chi connectivity index (χ1) is 21.6. The van der Waals surface area contributed by atoms with Gasteiger partial charge in [0.15, 0.2) is 6.29 Å². The van der Waals surface area contributed by atoms with Gasteiger partial charge < -0.3 is 15.6 Å². The molecular weight excluding hydrogens is 591 g/mol. The quantitative estimate of drug-likeness (QED) is 0.337. The predicted molar refractivity (Wildman–Crippen MR) is 155 cm³/mol. The first-order valence-electron chi connectivity index (χ1n) is 14.9. The summed E-state index contributed by atoms with van der Waals surface area (Å²) in [5.41, 5.74) is 5.94. The minimum Gasteiger partial charge on any atom is -0.474 e. The zero-order valence-corrected chi connectivity index (χ0v) is 24.5. The first kappa shape index (κ1) is 30.9. The van der Waals surface area contributed by atoms with Crippen molar-refractivity contribution in [2.24, 2.45) is 0 Å². The summed E-state index contributed by atoms with van der Waals surface area (Å²) in [6.45, 7) is 2.54. The normalized spacial score (nSPS) is 23.8. The van der Waals surface area contributed by atoms with Crippen LogP contribution in [0.1, 0.15) is 60.1 Å². The predicted octanol–water partition coefficient (Wildman–Crippen LogP) is 3.03. The molecule has 12 nitrogen and oxygen atoms in total. The molecule has 3 aliphatic rings. The molecule has 0 bridgehead atoms. The topological polar surface area (TPSA) is 159 Å². The highest BCUT2D eigenvalue weighted by Crippen LogP contribution is 2.39. The van der Waals surface area contributed by atoms with Gasteiger partial charge in [0, 0.05) is 56.6 Å². The van der Waals surface area contributed by atoms with Crippen LogP contribution in [0.4, 0.5) is 19.0 Å². The number of nitrogens with zero attached hydrogens (tertiary/aromatic N) is 8. The average molecular weight is 626 g/mol. The number of nitrogens with two attached hydrogens (primary N) is 1. The Morgan fingerprint density at radius 1 is 1.18 bits per heavy atom. The Morgan fingerprint density at radius 3 is 2.62 bits per heavy atom. The van der Waals surface area contributed by atoms with Crippen molar-refractivity contribution in [3.05, 3.63) is 47.7 Å². The largest absolute Gasteiger partial charge is 0.474 e. The van der Waals surface area contributed by atoms with Gasteiger partial charge >= 0.3 is 6.18 Å². The van der Waals surface area contributed by atoms with Crippen LogP contribution >= 0.6 is 0 Å². The molecule has 1 saturated carbocycles. The van der Waals surface area contributed by atoms with Crippen molar-refractivity contribution in [3.8, 4) is 23.2 Å². The lowest BCUT2D eigenvalue weighted by Gasteiger charge is -2.53. The monoisotopic (exact) mass is 625 g/mol. The lowest BCUT2D eigenvalue weighted by atomic mass is 9.82. The van der Waals surface area contributed by atoms with Gasteiger partial charge in [0.25, 0.3) is 0 Å². The van der Waals surface area contributed by atoms with Crippen molar-refractivity contribution in [2.75, 3.05) is 31.9 Å². The van der Waals surface area contributed by atoms with Gasteiger partial charge in [0.05, 0.1) is 36.0 Å². The van der Waals surface area contributed by atoms with Gasteiger partial charge in [-0.25, -0.2) is 15.0 Å². The molecule has 0 amide bonds. The van der Waals surface area contributed by atoms with E-state index in [9.17, 15) is 28.3 Å². The number of hydrogen-bond acceptors (Lipinski definition) is 11. The molecule has 0 unspecified atom stereocenters. The van der Waals surface area contributed by atoms with Gasteiger partial charge in [-0.2, -0.15) is 23.5 Å². The number of carbonyl (C=O) groups excluding carboxylic acids is 1. The van der Waals surface area contributed by atoms with E-state index in [0.29, 0.717) is 68.5 Å². The van der Waals surface area contributed by atoms with Crippen molar-refractivity contribution >= 4 is 12.1 Å². The van der Waals surface area contributed by atoms with Crippen molar-refractivity contribution in [1.29, 1.82) is 5.26 Å². The summed E-state index contributed by atoms with van der Waals surface area (Å²) in [5.74, 6) is 0.0497. The molecule has 15 heteroatoms. The average Bonchev–Trinajstić information content (AvgIpc) is 3.64. The highest BCUT2D eigenvalue weighted by Gasteiger charge is 2.48. The van der Waals surface area contributed by atoms with Gasteiger partial charge in [0.2, 0.25) is 5.88 Å². The number of anilines is 1. The summed E-state index contributed by atoms with van der Waals surface area (Å²) in [6.07, 6.45) is 3.69. The second kappa shape index (κ2) is 12.3. The molecule has 3 aromatic heterocycles. The fourth-order valence-electron chi connectivity index (χ4n) is 6.68. The number of hydrogen-bond donors (Lipinski definition) is 2. The van der Waals surface area contributed by atoms with E-state index in [1.54, 1.807) is 23.1 Å². The number of aliphatic hydroxyl groups is 1. The van der Waals surface area contributed by atoms with E-state index in [2.05, 4.69) is 31.0 Å². The van der Waals surface area contributed by atoms with E-state index in [4.69, 9.17) is 10.5 Å². The molecule has 45 heavy (non-hydrogen) atoms. The number of aliphatic hydroxyl groups excluding tert-OH is 1. The number of aromatic nitrogens is 5. The van der Waals surface area contributed by atoms with Gasteiger partial charge in [0.1, 0.15) is 29.5 Å². The summed E-state index contributed by atoms with van der Waals surface area (Å²) in [5, 5.41) is 23.9. The number of aldehydes is 1.